The van der Waals surface area contributed by atoms with E-state index in [-0.39, 0.29) is 5.54 Å². The summed E-state index contributed by atoms with van der Waals surface area (Å²) in [5, 5.41) is 7.75. The fourth-order valence-electron chi connectivity index (χ4n) is 1.85. The highest BCUT2D eigenvalue weighted by atomic mass is 15.1. The average Bonchev–Trinajstić information content (AvgIpc) is 2.48. The fraction of sp³-hybridized carbons (Fsp3) is 0.556. The summed E-state index contributed by atoms with van der Waals surface area (Å²) in [6, 6.07) is 0. The summed E-state index contributed by atoms with van der Waals surface area (Å²) in [6.45, 7) is 1.90. The Bertz CT molecular complexity index is 208. The van der Waals surface area contributed by atoms with Crippen LogP contribution in [0.2, 0.25) is 0 Å². The molecule has 0 spiro atoms. The Morgan fingerprint density at radius 3 is 3.18 bits per heavy atom. The van der Waals surface area contributed by atoms with Gasteiger partial charge in [-0.1, -0.05) is 24.3 Å². The molecule has 11 heavy (non-hydrogen) atoms. The first-order chi connectivity index (χ1) is 5.37. The lowest BCUT2D eigenvalue weighted by atomic mass is 9.84. The molecule has 2 aliphatic rings. The molecule has 1 N–H and O–H groups in total. The number of fused-ring (bicyclic) bond motifs is 1. The van der Waals surface area contributed by atoms with Gasteiger partial charge in [0.05, 0.1) is 5.54 Å². The molecule has 0 saturated carbocycles. The van der Waals surface area contributed by atoms with Gasteiger partial charge in [-0.05, 0) is 7.05 Å². The Morgan fingerprint density at radius 1 is 1.55 bits per heavy atom. The monoisotopic (exact) mass is 149 g/mol. The molecule has 2 nitrogen and oxygen atoms in total. The van der Waals surface area contributed by atoms with Crippen molar-refractivity contribution in [3.63, 3.8) is 0 Å². The van der Waals surface area contributed by atoms with Gasteiger partial charge in [-0.25, -0.2) is 5.32 Å². The minimum atomic E-state index is 0.148. The maximum Gasteiger partial charge on any atom is 0.0584 e. The molecule has 2 unspecified atom stereocenters. The maximum absolute atomic E-state index is 4.41. The van der Waals surface area contributed by atoms with Gasteiger partial charge in [0, 0.05) is 19.0 Å². The van der Waals surface area contributed by atoms with E-state index in [1.807, 2.05) is 7.05 Å². The van der Waals surface area contributed by atoms with Gasteiger partial charge >= 0.3 is 0 Å². The van der Waals surface area contributed by atoms with Crippen molar-refractivity contribution in [2.75, 3.05) is 20.1 Å². The highest BCUT2D eigenvalue weighted by Crippen LogP contribution is 2.27. The third-order valence-electron chi connectivity index (χ3n) is 2.67. The van der Waals surface area contributed by atoms with Crippen LogP contribution < -0.4 is 10.6 Å². The molecular weight excluding hydrogens is 136 g/mol. The Labute approximate surface area is 67.4 Å². The molecular formula is C9H13N2. The van der Waals surface area contributed by atoms with Gasteiger partial charge in [-0.15, -0.1) is 0 Å². The second-order valence-corrected chi connectivity index (χ2v) is 3.21. The number of rotatable bonds is 1. The van der Waals surface area contributed by atoms with Gasteiger partial charge in [0.2, 0.25) is 0 Å². The first-order valence-electron chi connectivity index (χ1n) is 4.05. The van der Waals surface area contributed by atoms with E-state index in [4.69, 9.17) is 0 Å². The predicted octanol–water partition coefficient (Wildman–Crippen LogP) is 0.305. The van der Waals surface area contributed by atoms with E-state index in [2.05, 4.69) is 34.9 Å². The van der Waals surface area contributed by atoms with Gasteiger partial charge in [-0.3, -0.25) is 0 Å². The zero-order valence-corrected chi connectivity index (χ0v) is 6.75. The smallest absolute Gasteiger partial charge is 0.0584 e. The number of nitrogens with one attached hydrogen (secondary N) is 1. The first-order valence-corrected chi connectivity index (χ1v) is 4.05. The van der Waals surface area contributed by atoms with E-state index >= 15 is 0 Å². The van der Waals surface area contributed by atoms with Gasteiger partial charge in [0.1, 0.15) is 0 Å². The molecule has 0 amide bonds. The molecule has 1 heterocycles. The third kappa shape index (κ3) is 0.940. The lowest BCUT2D eigenvalue weighted by Gasteiger charge is -2.30. The summed E-state index contributed by atoms with van der Waals surface area (Å²) in [5.74, 6) is 0.581. The number of hydrogen-bond acceptors (Lipinski definition) is 1. The maximum atomic E-state index is 4.41. The van der Waals surface area contributed by atoms with Crippen LogP contribution in [0.15, 0.2) is 24.3 Å². The van der Waals surface area contributed by atoms with Crippen LogP contribution in [-0.4, -0.2) is 25.7 Å². The molecule has 1 fully saturated rings. The number of hydrogen-bond donors (Lipinski definition) is 1. The summed E-state index contributed by atoms with van der Waals surface area (Å²) in [6.07, 6.45) is 8.69. The van der Waals surface area contributed by atoms with E-state index in [1.54, 1.807) is 0 Å². The second-order valence-electron chi connectivity index (χ2n) is 3.21. The van der Waals surface area contributed by atoms with Crippen LogP contribution in [0.5, 0.6) is 0 Å². The lowest BCUT2D eigenvalue weighted by Crippen LogP contribution is -2.48. The van der Waals surface area contributed by atoms with Crippen molar-refractivity contribution in [3.8, 4) is 0 Å². The summed E-state index contributed by atoms with van der Waals surface area (Å²) >= 11 is 0. The lowest BCUT2D eigenvalue weighted by molar-refractivity contribution is 0.406. The van der Waals surface area contributed by atoms with Crippen LogP contribution >= 0.6 is 0 Å². The molecule has 1 aliphatic heterocycles. The summed E-state index contributed by atoms with van der Waals surface area (Å²) in [7, 11) is 2.01. The van der Waals surface area contributed by atoms with Crippen LogP contribution in [0, 0.1) is 5.92 Å². The zero-order valence-electron chi connectivity index (χ0n) is 6.75. The van der Waals surface area contributed by atoms with Gasteiger partial charge < -0.3 is 5.32 Å². The average molecular weight is 149 g/mol. The van der Waals surface area contributed by atoms with Crippen LogP contribution in [0.4, 0.5) is 0 Å². The summed E-state index contributed by atoms with van der Waals surface area (Å²) in [5.41, 5.74) is 0.148. The topological polar surface area (TPSA) is 26.1 Å². The SMILES string of the molecule is CNC12C=CC=CC1C[N]C2. The van der Waals surface area contributed by atoms with Gasteiger partial charge in [0.15, 0.2) is 0 Å². The van der Waals surface area contributed by atoms with Crippen molar-refractivity contribution in [1.29, 1.82) is 0 Å². The van der Waals surface area contributed by atoms with Gasteiger partial charge in [-0.2, -0.15) is 0 Å². The minimum Gasteiger partial charge on any atom is -0.309 e. The molecule has 2 heteroatoms. The normalized spacial score (nSPS) is 41.0. The molecule has 2 rings (SSSR count). The fourth-order valence-corrected chi connectivity index (χ4v) is 1.85. The Balaban J connectivity index is 2.28. The molecule has 0 aromatic heterocycles. The van der Waals surface area contributed by atoms with Crippen molar-refractivity contribution in [2.24, 2.45) is 5.92 Å². The highest BCUT2D eigenvalue weighted by Gasteiger charge is 2.39. The molecule has 2 atom stereocenters. The van der Waals surface area contributed by atoms with Crippen molar-refractivity contribution in [3.05, 3.63) is 24.3 Å². The van der Waals surface area contributed by atoms with Crippen molar-refractivity contribution in [2.45, 2.75) is 5.54 Å². The Morgan fingerprint density at radius 2 is 2.45 bits per heavy atom. The van der Waals surface area contributed by atoms with Crippen molar-refractivity contribution >= 4 is 0 Å². The summed E-state index contributed by atoms with van der Waals surface area (Å²) in [4.78, 5) is 0. The number of allylic oxidation sites excluding steroid dienone is 2. The van der Waals surface area contributed by atoms with E-state index in [0.717, 1.165) is 13.1 Å². The first kappa shape index (κ1) is 7.07. The highest BCUT2D eigenvalue weighted by molar-refractivity contribution is 5.27. The molecule has 0 aromatic rings. The quantitative estimate of drug-likeness (QED) is 0.570. The third-order valence-corrected chi connectivity index (χ3v) is 2.67. The minimum absolute atomic E-state index is 0.148. The molecule has 0 aromatic carbocycles. The van der Waals surface area contributed by atoms with E-state index in [0.29, 0.717) is 5.92 Å². The van der Waals surface area contributed by atoms with Crippen LogP contribution in [-0.2, 0) is 0 Å². The zero-order chi connectivity index (χ0) is 7.73. The molecule has 1 radical (unpaired) electrons. The van der Waals surface area contributed by atoms with E-state index in [9.17, 15) is 0 Å². The Hall–Kier alpha value is -0.600. The van der Waals surface area contributed by atoms with Gasteiger partial charge in [0.25, 0.3) is 0 Å². The van der Waals surface area contributed by atoms with Crippen LogP contribution in [0.25, 0.3) is 0 Å². The number of likely N-dealkylation sites (N-methyl/N-ethyl adjacent to an activating group) is 1. The van der Waals surface area contributed by atoms with E-state index in [1.165, 1.54) is 0 Å². The predicted molar refractivity (Wildman–Crippen MR) is 45.4 cm³/mol. The van der Waals surface area contributed by atoms with Crippen molar-refractivity contribution < 1.29 is 0 Å². The van der Waals surface area contributed by atoms with Crippen LogP contribution in [0.3, 0.4) is 0 Å². The summed E-state index contributed by atoms with van der Waals surface area (Å²) < 4.78 is 0. The van der Waals surface area contributed by atoms with E-state index < -0.39 is 0 Å². The van der Waals surface area contributed by atoms with Crippen LogP contribution in [0.1, 0.15) is 0 Å². The molecule has 59 valence electrons. The Kier molecular flexibility index (Phi) is 1.59. The van der Waals surface area contributed by atoms with Crippen molar-refractivity contribution in [1.82, 2.24) is 10.6 Å². The second kappa shape index (κ2) is 2.47. The standard InChI is InChI=1S/C9H13N2/c1-10-9-5-3-2-4-8(9)6-11-7-9/h2-5,8,10H,6-7H2,1H3. The largest absolute Gasteiger partial charge is 0.309 e. The molecule has 1 saturated heterocycles. The molecule has 0 bridgehead atoms. The number of nitrogens with zero attached hydrogens (tertiary/aromatic N) is 1. The molecule has 1 aliphatic carbocycles.